The molecular weight excluding hydrogens is 314 g/mol. The molecule has 3 N–H and O–H groups in total. The van der Waals surface area contributed by atoms with E-state index in [1.165, 1.54) is 18.1 Å². The van der Waals surface area contributed by atoms with Crippen LogP contribution in [0.4, 0.5) is 0 Å². The monoisotopic (exact) mass is 335 g/mol. The molecule has 2 fully saturated rings. The Bertz CT molecular complexity index is 764. The first-order valence-corrected chi connectivity index (χ1v) is 8.05. The zero-order valence-corrected chi connectivity index (χ0v) is 13.5. The van der Waals surface area contributed by atoms with Crippen LogP contribution in [0.15, 0.2) is 15.8 Å². The Balaban J connectivity index is 1.74. The summed E-state index contributed by atoms with van der Waals surface area (Å²) in [5.41, 5.74) is -0.816. The lowest BCUT2D eigenvalue weighted by molar-refractivity contribution is -0.141. The van der Waals surface area contributed by atoms with Crippen molar-refractivity contribution in [1.82, 2.24) is 25.1 Å². The largest absolute Gasteiger partial charge is 0.352 e. The van der Waals surface area contributed by atoms with Gasteiger partial charge in [0.25, 0.3) is 5.56 Å². The van der Waals surface area contributed by atoms with Gasteiger partial charge in [-0.15, -0.1) is 0 Å². The van der Waals surface area contributed by atoms with Gasteiger partial charge in [-0.3, -0.25) is 19.0 Å². The van der Waals surface area contributed by atoms with Crippen LogP contribution in [-0.2, 0) is 23.1 Å². The van der Waals surface area contributed by atoms with Crippen molar-refractivity contribution in [2.75, 3.05) is 19.6 Å². The van der Waals surface area contributed by atoms with E-state index >= 15 is 0 Å². The first kappa shape index (κ1) is 16.4. The van der Waals surface area contributed by atoms with E-state index in [0.29, 0.717) is 19.6 Å². The van der Waals surface area contributed by atoms with E-state index in [1.54, 1.807) is 0 Å². The first-order chi connectivity index (χ1) is 11.5. The second-order valence-electron chi connectivity index (χ2n) is 6.25. The molecule has 0 spiro atoms. The van der Waals surface area contributed by atoms with E-state index in [-0.39, 0.29) is 29.8 Å². The number of rotatable bonds is 4. The quantitative estimate of drug-likeness (QED) is 0.572. The van der Waals surface area contributed by atoms with Gasteiger partial charge in [0.05, 0.1) is 6.42 Å². The minimum Gasteiger partial charge on any atom is -0.352 e. The average Bonchev–Trinajstić information content (AvgIpc) is 3.39. The Kier molecular flexibility index (Phi) is 4.52. The van der Waals surface area contributed by atoms with Gasteiger partial charge < -0.3 is 20.5 Å². The Morgan fingerprint density at radius 1 is 1.33 bits per heavy atom. The van der Waals surface area contributed by atoms with Crippen LogP contribution in [-0.4, -0.2) is 58.0 Å². The number of nitrogens with zero attached hydrogens (tertiary/aromatic N) is 2. The maximum absolute atomic E-state index is 12.6. The molecule has 0 radical (unpaired) electrons. The SMILES string of the molecule is Cn1c(=O)[nH]cc(CC(=O)N2CCNCC2C(=O)NC2CC2)c1=O. The molecule has 2 amide bonds. The van der Waals surface area contributed by atoms with Crippen molar-refractivity contribution in [3.8, 4) is 0 Å². The minimum atomic E-state index is -0.571. The van der Waals surface area contributed by atoms with Gasteiger partial charge in [-0.25, -0.2) is 4.79 Å². The number of carbonyl (C=O) groups is 2. The molecule has 1 aromatic heterocycles. The summed E-state index contributed by atoms with van der Waals surface area (Å²) in [7, 11) is 1.35. The molecule has 1 aliphatic heterocycles. The predicted octanol–water partition coefficient (Wildman–Crippen LogP) is -2.30. The van der Waals surface area contributed by atoms with E-state index in [9.17, 15) is 19.2 Å². The van der Waals surface area contributed by atoms with Gasteiger partial charge in [-0.2, -0.15) is 0 Å². The second-order valence-corrected chi connectivity index (χ2v) is 6.25. The predicted molar refractivity (Wildman–Crippen MR) is 85.5 cm³/mol. The zero-order valence-electron chi connectivity index (χ0n) is 13.5. The summed E-state index contributed by atoms with van der Waals surface area (Å²) in [6.07, 6.45) is 3.08. The third-order valence-corrected chi connectivity index (χ3v) is 4.39. The van der Waals surface area contributed by atoms with E-state index in [4.69, 9.17) is 0 Å². The molecule has 2 aliphatic rings. The molecule has 1 saturated heterocycles. The highest BCUT2D eigenvalue weighted by molar-refractivity contribution is 5.89. The van der Waals surface area contributed by atoms with Crippen LogP contribution in [0.25, 0.3) is 0 Å². The van der Waals surface area contributed by atoms with Crippen LogP contribution < -0.4 is 21.9 Å². The molecule has 24 heavy (non-hydrogen) atoms. The van der Waals surface area contributed by atoms with Crippen LogP contribution >= 0.6 is 0 Å². The molecule has 1 saturated carbocycles. The summed E-state index contributed by atoms with van der Waals surface area (Å²) in [5.74, 6) is -0.455. The fourth-order valence-electron chi connectivity index (χ4n) is 2.77. The van der Waals surface area contributed by atoms with Gasteiger partial charge in [-0.05, 0) is 12.8 Å². The summed E-state index contributed by atoms with van der Waals surface area (Å²) < 4.78 is 0.928. The Hall–Kier alpha value is -2.42. The highest BCUT2D eigenvalue weighted by atomic mass is 16.2. The molecule has 1 unspecified atom stereocenters. The number of carbonyl (C=O) groups excluding carboxylic acids is 2. The normalized spacial score (nSPS) is 20.7. The molecule has 9 nitrogen and oxygen atoms in total. The first-order valence-electron chi connectivity index (χ1n) is 8.05. The van der Waals surface area contributed by atoms with Gasteiger partial charge >= 0.3 is 5.69 Å². The summed E-state index contributed by atoms with van der Waals surface area (Å²) in [4.78, 5) is 52.3. The fraction of sp³-hybridized carbons (Fsp3) is 0.600. The molecule has 9 heteroatoms. The van der Waals surface area contributed by atoms with Gasteiger partial charge in [0, 0.05) is 44.5 Å². The van der Waals surface area contributed by atoms with Crippen molar-refractivity contribution in [2.24, 2.45) is 7.05 Å². The topological polar surface area (TPSA) is 116 Å². The Morgan fingerprint density at radius 3 is 2.79 bits per heavy atom. The van der Waals surface area contributed by atoms with Crippen LogP contribution in [0.5, 0.6) is 0 Å². The maximum atomic E-state index is 12.6. The van der Waals surface area contributed by atoms with Crippen molar-refractivity contribution in [3.63, 3.8) is 0 Å². The Labute approximate surface area is 138 Å². The van der Waals surface area contributed by atoms with Crippen molar-refractivity contribution in [2.45, 2.75) is 31.3 Å². The van der Waals surface area contributed by atoms with Crippen LogP contribution in [0.2, 0.25) is 0 Å². The highest BCUT2D eigenvalue weighted by Gasteiger charge is 2.35. The lowest BCUT2D eigenvalue weighted by Crippen LogP contribution is -2.60. The summed E-state index contributed by atoms with van der Waals surface area (Å²) in [6, 6.07) is -0.346. The standard InChI is InChI=1S/C15H21N5O4/c1-19-14(23)9(7-17-15(19)24)6-12(21)20-5-4-16-8-11(20)13(22)18-10-2-3-10/h7,10-11,16H,2-6,8H2,1H3,(H,17,24)(H,18,22). The van der Waals surface area contributed by atoms with Crippen LogP contribution in [0, 0.1) is 0 Å². The van der Waals surface area contributed by atoms with E-state index < -0.39 is 17.3 Å². The van der Waals surface area contributed by atoms with E-state index in [2.05, 4.69) is 15.6 Å². The lowest BCUT2D eigenvalue weighted by atomic mass is 10.1. The molecule has 0 bridgehead atoms. The molecule has 3 rings (SSSR count). The summed E-state index contributed by atoms with van der Waals surface area (Å²) >= 11 is 0. The molecule has 1 aromatic rings. The third-order valence-electron chi connectivity index (χ3n) is 4.39. The van der Waals surface area contributed by atoms with Gasteiger partial charge in [-0.1, -0.05) is 0 Å². The maximum Gasteiger partial charge on any atom is 0.328 e. The average molecular weight is 335 g/mol. The summed E-state index contributed by atoms with van der Waals surface area (Å²) in [5, 5.41) is 6.03. The molecule has 1 atom stereocenters. The number of amides is 2. The lowest BCUT2D eigenvalue weighted by Gasteiger charge is -2.35. The number of nitrogens with one attached hydrogen (secondary N) is 3. The van der Waals surface area contributed by atoms with Crippen molar-refractivity contribution in [3.05, 3.63) is 32.6 Å². The van der Waals surface area contributed by atoms with Crippen molar-refractivity contribution >= 4 is 11.8 Å². The third kappa shape index (κ3) is 3.40. The van der Waals surface area contributed by atoms with Crippen molar-refractivity contribution < 1.29 is 9.59 Å². The van der Waals surface area contributed by atoms with Gasteiger partial charge in [0.1, 0.15) is 6.04 Å². The second kappa shape index (κ2) is 6.60. The number of aromatic amines is 1. The van der Waals surface area contributed by atoms with E-state index in [1.807, 2.05) is 0 Å². The number of piperazine rings is 1. The van der Waals surface area contributed by atoms with Crippen LogP contribution in [0.3, 0.4) is 0 Å². The smallest absolute Gasteiger partial charge is 0.328 e. The molecule has 130 valence electrons. The van der Waals surface area contributed by atoms with Gasteiger partial charge in [0.15, 0.2) is 0 Å². The highest BCUT2D eigenvalue weighted by Crippen LogP contribution is 2.19. The van der Waals surface area contributed by atoms with Crippen molar-refractivity contribution in [1.29, 1.82) is 0 Å². The minimum absolute atomic E-state index is 0.142. The van der Waals surface area contributed by atoms with Gasteiger partial charge in [0.2, 0.25) is 11.8 Å². The van der Waals surface area contributed by atoms with E-state index in [0.717, 1.165) is 17.4 Å². The number of H-pyrrole nitrogens is 1. The van der Waals surface area contributed by atoms with Crippen LogP contribution in [0.1, 0.15) is 18.4 Å². The number of hydrogen-bond acceptors (Lipinski definition) is 5. The Morgan fingerprint density at radius 2 is 2.08 bits per heavy atom. The fourth-order valence-corrected chi connectivity index (χ4v) is 2.77. The number of hydrogen-bond donors (Lipinski definition) is 3. The molecule has 1 aliphatic carbocycles. The zero-order chi connectivity index (χ0) is 17.3. The molecular formula is C15H21N5O4. The summed E-state index contributed by atoms with van der Waals surface area (Å²) in [6.45, 7) is 1.40. The number of aromatic nitrogens is 2. The molecule has 0 aromatic carbocycles. The molecule has 2 heterocycles.